The van der Waals surface area contributed by atoms with Gasteiger partial charge in [-0.1, -0.05) is 42.5 Å². The Morgan fingerprint density at radius 2 is 1.97 bits per heavy atom. The Kier molecular flexibility index (Phi) is 6.65. The molecule has 6 heteroatoms. The van der Waals surface area contributed by atoms with E-state index in [0.29, 0.717) is 12.6 Å². The first-order chi connectivity index (χ1) is 14.8. The third-order valence-electron chi connectivity index (χ3n) is 5.31. The van der Waals surface area contributed by atoms with Gasteiger partial charge in [0.15, 0.2) is 5.96 Å². The normalized spacial score (nSPS) is 16.6. The first-order valence-electron chi connectivity index (χ1n) is 10.7. The van der Waals surface area contributed by atoms with Crippen molar-refractivity contribution >= 4 is 11.6 Å². The minimum atomic E-state index is 0.397. The molecule has 30 heavy (non-hydrogen) atoms. The molecular formula is C24H30N6. The number of benzene rings is 2. The van der Waals surface area contributed by atoms with Crippen LogP contribution in [0.15, 0.2) is 78.0 Å². The molecule has 2 heterocycles. The highest BCUT2D eigenvalue weighted by atomic mass is 15.3. The smallest absolute Gasteiger partial charge is 0.191 e. The van der Waals surface area contributed by atoms with Gasteiger partial charge in [0, 0.05) is 43.8 Å². The number of guanidine groups is 1. The van der Waals surface area contributed by atoms with Crippen molar-refractivity contribution in [3.05, 3.63) is 84.2 Å². The summed E-state index contributed by atoms with van der Waals surface area (Å²) in [6.07, 6.45) is 4.90. The SMILES string of the molecule is CCNC(=NCc1cccc(Cn2cccn2)c1)NC1CCN(c2ccccc2)C1. The molecular weight excluding hydrogens is 372 g/mol. The standard InChI is InChI=1S/C24H30N6/c1-2-25-24(28-22-12-15-29(19-22)23-10-4-3-5-11-23)26-17-20-8-6-9-21(16-20)18-30-14-7-13-27-30/h3-11,13-14,16,22H,2,12,15,17-19H2,1H3,(H2,25,26,28). The Morgan fingerprint density at radius 1 is 1.10 bits per heavy atom. The average Bonchev–Trinajstić information content (AvgIpc) is 3.45. The minimum Gasteiger partial charge on any atom is -0.369 e. The number of aromatic nitrogens is 2. The Balaban J connectivity index is 1.36. The number of para-hydroxylation sites is 1. The lowest BCUT2D eigenvalue weighted by Crippen LogP contribution is -2.44. The van der Waals surface area contributed by atoms with Crippen molar-refractivity contribution in [3.8, 4) is 0 Å². The van der Waals surface area contributed by atoms with E-state index in [0.717, 1.165) is 38.6 Å². The van der Waals surface area contributed by atoms with E-state index in [1.807, 2.05) is 23.1 Å². The molecule has 2 N–H and O–H groups in total. The molecule has 0 radical (unpaired) electrons. The Morgan fingerprint density at radius 3 is 2.77 bits per heavy atom. The average molecular weight is 403 g/mol. The molecule has 6 nitrogen and oxygen atoms in total. The molecule has 1 aliphatic heterocycles. The predicted octanol–water partition coefficient (Wildman–Crippen LogP) is 3.27. The fraction of sp³-hybridized carbons (Fsp3) is 0.333. The van der Waals surface area contributed by atoms with Crippen LogP contribution in [0.4, 0.5) is 5.69 Å². The first kappa shape index (κ1) is 20.0. The van der Waals surface area contributed by atoms with E-state index in [1.165, 1.54) is 16.8 Å². The molecule has 4 rings (SSSR count). The van der Waals surface area contributed by atoms with Crippen molar-refractivity contribution in [3.63, 3.8) is 0 Å². The van der Waals surface area contributed by atoms with Crippen molar-refractivity contribution in [1.82, 2.24) is 20.4 Å². The molecule has 1 atom stereocenters. The molecule has 1 saturated heterocycles. The van der Waals surface area contributed by atoms with Gasteiger partial charge in [0.25, 0.3) is 0 Å². The van der Waals surface area contributed by atoms with E-state index >= 15 is 0 Å². The van der Waals surface area contributed by atoms with Crippen LogP contribution in [0.2, 0.25) is 0 Å². The van der Waals surface area contributed by atoms with Gasteiger partial charge in [-0.3, -0.25) is 4.68 Å². The Hall–Kier alpha value is -3.28. The van der Waals surface area contributed by atoms with Gasteiger partial charge in [0.1, 0.15) is 0 Å². The summed E-state index contributed by atoms with van der Waals surface area (Å²) in [5.41, 5.74) is 3.73. The van der Waals surface area contributed by atoms with Crippen LogP contribution >= 0.6 is 0 Å². The van der Waals surface area contributed by atoms with Crippen molar-refractivity contribution in [2.45, 2.75) is 32.5 Å². The summed E-state index contributed by atoms with van der Waals surface area (Å²) >= 11 is 0. The molecule has 0 amide bonds. The summed E-state index contributed by atoms with van der Waals surface area (Å²) in [5, 5.41) is 11.3. The molecule has 0 aliphatic carbocycles. The van der Waals surface area contributed by atoms with Crippen LogP contribution in [-0.2, 0) is 13.1 Å². The molecule has 0 bridgehead atoms. The van der Waals surface area contributed by atoms with Crippen LogP contribution in [0.1, 0.15) is 24.5 Å². The van der Waals surface area contributed by atoms with Crippen LogP contribution in [0.3, 0.4) is 0 Å². The second-order valence-corrected chi connectivity index (χ2v) is 7.63. The third kappa shape index (κ3) is 5.41. The number of anilines is 1. The summed E-state index contributed by atoms with van der Waals surface area (Å²) in [7, 11) is 0. The monoisotopic (exact) mass is 402 g/mol. The lowest BCUT2D eigenvalue weighted by atomic mass is 10.1. The molecule has 1 fully saturated rings. The van der Waals surface area contributed by atoms with Crippen LogP contribution < -0.4 is 15.5 Å². The molecule has 3 aromatic rings. The Bertz CT molecular complexity index is 935. The van der Waals surface area contributed by atoms with E-state index in [4.69, 9.17) is 4.99 Å². The number of aliphatic imine (C=N–C) groups is 1. The summed E-state index contributed by atoms with van der Waals surface area (Å²) in [6, 6.07) is 21.5. The van der Waals surface area contributed by atoms with E-state index in [2.05, 4.69) is 82.2 Å². The lowest BCUT2D eigenvalue weighted by Gasteiger charge is -2.20. The van der Waals surface area contributed by atoms with Gasteiger partial charge in [-0.25, -0.2) is 4.99 Å². The zero-order chi connectivity index (χ0) is 20.6. The quantitative estimate of drug-likeness (QED) is 0.470. The zero-order valence-electron chi connectivity index (χ0n) is 17.5. The number of hydrogen-bond donors (Lipinski definition) is 2. The summed E-state index contributed by atoms with van der Waals surface area (Å²) in [4.78, 5) is 7.27. The highest BCUT2D eigenvalue weighted by Gasteiger charge is 2.23. The van der Waals surface area contributed by atoms with Crippen molar-refractivity contribution in [1.29, 1.82) is 0 Å². The minimum absolute atomic E-state index is 0.397. The Labute approximate surface area is 178 Å². The first-order valence-corrected chi connectivity index (χ1v) is 10.7. The molecule has 0 saturated carbocycles. The van der Waals surface area contributed by atoms with E-state index in [9.17, 15) is 0 Å². The summed E-state index contributed by atoms with van der Waals surface area (Å²) < 4.78 is 1.94. The van der Waals surface area contributed by atoms with Crippen LogP contribution in [0.25, 0.3) is 0 Å². The van der Waals surface area contributed by atoms with Crippen molar-refractivity contribution < 1.29 is 0 Å². The van der Waals surface area contributed by atoms with Gasteiger partial charge in [-0.2, -0.15) is 5.10 Å². The summed E-state index contributed by atoms with van der Waals surface area (Å²) in [6.45, 7) is 6.44. The highest BCUT2D eigenvalue weighted by molar-refractivity contribution is 5.80. The number of rotatable bonds is 7. The highest BCUT2D eigenvalue weighted by Crippen LogP contribution is 2.19. The lowest BCUT2D eigenvalue weighted by molar-refractivity contribution is 0.649. The molecule has 0 spiro atoms. The van der Waals surface area contributed by atoms with Gasteiger partial charge in [-0.15, -0.1) is 0 Å². The zero-order valence-corrected chi connectivity index (χ0v) is 17.5. The van der Waals surface area contributed by atoms with Gasteiger partial charge in [0.05, 0.1) is 13.1 Å². The van der Waals surface area contributed by atoms with Gasteiger partial charge in [-0.05, 0) is 42.7 Å². The maximum absolute atomic E-state index is 4.84. The molecule has 1 aromatic heterocycles. The number of nitrogens with one attached hydrogen (secondary N) is 2. The van der Waals surface area contributed by atoms with E-state index in [-0.39, 0.29) is 0 Å². The molecule has 2 aromatic carbocycles. The van der Waals surface area contributed by atoms with Crippen LogP contribution in [-0.4, -0.2) is 41.4 Å². The molecule has 1 aliphatic rings. The van der Waals surface area contributed by atoms with Gasteiger partial charge in [0.2, 0.25) is 0 Å². The second kappa shape index (κ2) is 9.96. The van der Waals surface area contributed by atoms with Crippen LogP contribution in [0, 0.1) is 0 Å². The maximum Gasteiger partial charge on any atom is 0.191 e. The molecule has 1 unspecified atom stereocenters. The van der Waals surface area contributed by atoms with Gasteiger partial charge >= 0.3 is 0 Å². The number of nitrogens with zero attached hydrogens (tertiary/aromatic N) is 4. The topological polar surface area (TPSA) is 57.5 Å². The second-order valence-electron chi connectivity index (χ2n) is 7.63. The van der Waals surface area contributed by atoms with Crippen molar-refractivity contribution in [2.75, 3.05) is 24.5 Å². The predicted molar refractivity (Wildman–Crippen MR) is 123 cm³/mol. The maximum atomic E-state index is 4.84. The fourth-order valence-corrected chi connectivity index (χ4v) is 3.84. The van der Waals surface area contributed by atoms with E-state index in [1.54, 1.807) is 0 Å². The van der Waals surface area contributed by atoms with Crippen LogP contribution in [0.5, 0.6) is 0 Å². The fourth-order valence-electron chi connectivity index (χ4n) is 3.84. The van der Waals surface area contributed by atoms with Crippen molar-refractivity contribution in [2.24, 2.45) is 4.99 Å². The van der Waals surface area contributed by atoms with Gasteiger partial charge < -0.3 is 15.5 Å². The largest absolute Gasteiger partial charge is 0.369 e. The third-order valence-corrected chi connectivity index (χ3v) is 5.31. The molecule has 156 valence electrons. The number of hydrogen-bond acceptors (Lipinski definition) is 3. The van der Waals surface area contributed by atoms with E-state index < -0.39 is 0 Å². The summed E-state index contributed by atoms with van der Waals surface area (Å²) in [5.74, 6) is 0.884.